The Morgan fingerprint density at radius 3 is 2.47 bits per heavy atom. The molecule has 0 fully saturated rings. The van der Waals surface area contributed by atoms with Crippen LogP contribution in [-0.2, 0) is 0 Å². The van der Waals surface area contributed by atoms with Crippen molar-refractivity contribution in [3.05, 3.63) is 58.5 Å². The third-order valence-corrected chi connectivity index (χ3v) is 3.17. The van der Waals surface area contributed by atoms with Gasteiger partial charge in [-0.2, -0.15) is 0 Å². The zero-order valence-corrected chi connectivity index (χ0v) is 11.1. The number of hydrogen-bond acceptors (Lipinski definition) is 2. The Morgan fingerprint density at radius 2 is 1.94 bits per heavy atom. The summed E-state index contributed by atoms with van der Waals surface area (Å²) in [7, 11) is 0. The zero-order valence-electron chi connectivity index (χ0n) is 9.52. The molecule has 88 valence electrons. The molecule has 0 aliphatic carbocycles. The predicted molar refractivity (Wildman–Crippen MR) is 70.2 cm³/mol. The first-order valence-electron chi connectivity index (χ1n) is 5.57. The first kappa shape index (κ1) is 12.1. The van der Waals surface area contributed by atoms with Crippen molar-refractivity contribution in [2.24, 2.45) is 0 Å². The first-order valence-corrected chi connectivity index (χ1v) is 6.36. The molecule has 1 aromatic carbocycles. The van der Waals surface area contributed by atoms with Gasteiger partial charge in [-0.3, -0.25) is 4.79 Å². The molecular weight excluding hydrogens is 280 g/mol. The first-order chi connectivity index (χ1) is 8.22. The van der Waals surface area contributed by atoms with Gasteiger partial charge >= 0.3 is 0 Å². The highest BCUT2D eigenvalue weighted by Gasteiger charge is 2.22. The van der Waals surface area contributed by atoms with Gasteiger partial charge in [0.05, 0.1) is 5.92 Å². The summed E-state index contributed by atoms with van der Waals surface area (Å²) in [5, 5.41) is 0. The predicted octanol–water partition coefficient (Wildman–Crippen LogP) is 4.42. The number of Topliss-reactive ketones (excluding diaryl/α,β-unsaturated/α-hetero) is 1. The van der Waals surface area contributed by atoms with Crippen LogP contribution in [0.3, 0.4) is 0 Å². The number of rotatable bonds is 4. The standard InChI is InChI=1S/C14H13BrO2/c1-2-11(10-6-4-3-5-7-10)14(16)12-8-9-13(15)17-12/h3-9,11H,2H2,1H3. The van der Waals surface area contributed by atoms with Gasteiger partial charge in [-0.25, -0.2) is 0 Å². The lowest BCUT2D eigenvalue weighted by Gasteiger charge is -2.12. The zero-order chi connectivity index (χ0) is 12.3. The molecule has 3 heteroatoms. The molecule has 0 spiro atoms. The Bertz CT molecular complexity index is 502. The van der Waals surface area contributed by atoms with Gasteiger partial charge in [0.2, 0.25) is 5.78 Å². The Labute approximate surface area is 109 Å². The summed E-state index contributed by atoms with van der Waals surface area (Å²) in [6.07, 6.45) is 0.765. The highest BCUT2D eigenvalue weighted by molar-refractivity contribution is 9.10. The second kappa shape index (κ2) is 5.32. The molecule has 0 aliphatic heterocycles. The molecule has 2 rings (SSSR count). The van der Waals surface area contributed by atoms with Crippen LogP contribution in [0.4, 0.5) is 0 Å². The van der Waals surface area contributed by atoms with E-state index in [1.807, 2.05) is 37.3 Å². The number of furan rings is 1. The maximum absolute atomic E-state index is 12.3. The van der Waals surface area contributed by atoms with Gasteiger partial charge in [0, 0.05) is 0 Å². The number of hydrogen-bond donors (Lipinski definition) is 0. The van der Waals surface area contributed by atoms with E-state index in [0.29, 0.717) is 10.4 Å². The SMILES string of the molecule is CCC(C(=O)c1ccc(Br)o1)c1ccccc1. The Morgan fingerprint density at radius 1 is 1.24 bits per heavy atom. The molecular formula is C14H13BrO2. The van der Waals surface area contributed by atoms with E-state index in [0.717, 1.165) is 12.0 Å². The van der Waals surface area contributed by atoms with E-state index in [-0.39, 0.29) is 11.7 Å². The number of benzene rings is 1. The Balaban J connectivity index is 2.28. The quantitative estimate of drug-likeness (QED) is 0.781. The summed E-state index contributed by atoms with van der Waals surface area (Å²) in [6.45, 7) is 2.01. The molecule has 1 heterocycles. The van der Waals surface area contributed by atoms with Gasteiger partial charge in [0.1, 0.15) is 0 Å². The number of ketones is 1. The van der Waals surface area contributed by atoms with Crippen molar-refractivity contribution in [1.29, 1.82) is 0 Å². The normalized spacial score (nSPS) is 12.4. The summed E-state index contributed by atoms with van der Waals surface area (Å²) in [5.74, 6) is 0.311. The lowest BCUT2D eigenvalue weighted by atomic mass is 9.91. The molecule has 1 atom stereocenters. The smallest absolute Gasteiger partial charge is 0.205 e. The van der Waals surface area contributed by atoms with Crippen LogP contribution in [0, 0.1) is 0 Å². The number of halogens is 1. The minimum Gasteiger partial charge on any atom is -0.446 e. The van der Waals surface area contributed by atoms with E-state index in [9.17, 15) is 4.79 Å². The van der Waals surface area contributed by atoms with Crippen molar-refractivity contribution in [3.8, 4) is 0 Å². The Hall–Kier alpha value is -1.35. The topological polar surface area (TPSA) is 30.2 Å². The molecule has 0 aliphatic rings. The van der Waals surface area contributed by atoms with Gasteiger partial charge < -0.3 is 4.42 Å². The van der Waals surface area contributed by atoms with Gasteiger partial charge in [-0.05, 0) is 40.0 Å². The van der Waals surface area contributed by atoms with Crippen molar-refractivity contribution in [1.82, 2.24) is 0 Å². The molecule has 1 unspecified atom stereocenters. The molecule has 0 N–H and O–H groups in total. The van der Waals surface area contributed by atoms with Crippen molar-refractivity contribution in [3.63, 3.8) is 0 Å². The molecule has 0 radical (unpaired) electrons. The highest BCUT2D eigenvalue weighted by atomic mass is 79.9. The van der Waals surface area contributed by atoms with Crippen LogP contribution >= 0.6 is 15.9 Å². The van der Waals surface area contributed by atoms with Crippen molar-refractivity contribution in [2.75, 3.05) is 0 Å². The average Bonchev–Trinajstić information content (AvgIpc) is 2.78. The summed E-state index contributed by atoms with van der Waals surface area (Å²) < 4.78 is 5.90. The maximum atomic E-state index is 12.3. The number of carbonyl (C=O) groups excluding carboxylic acids is 1. The third-order valence-electron chi connectivity index (χ3n) is 2.74. The summed E-state index contributed by atoms with van der Waals surface area (Å²) in [5.41, 5.74) is 1.03. The highest BCUT2D eigenvalue weighted by Crippen LogP contribution is 2.26. The number of carbonyl (C=O) groups is 1. The van der Waals surface area contributed by atoms with Crippen LogP contribution in [0.1, 0.15) is 35.4 Å². The van der Waals surface area contributed by atoms with Crippen molar-refractivity contribution >= 4 is 21.7 Å². The lowest BCUT2D eigenvalue weighted by molar-refractivity contribution is 0.0928. The summed E-state index contributed by atoms with van der Waals surface area (Å²) in [6, 6.07) is 13.2. The van der Waals surface area contributed by atoms with Gasteiger partial charge in [-0.1, -0.05) is 37.3 Å². The van der Waals surface area contributed by atoms with Crippen LogP contribution in [0.25, 0.3) is 0 Å². The third kappa shape index (κ3) is 2.67. The van der Waals surface area contributed by atoms with E-state index >= 15 is 0 Å². The van der Waals surface area contributed by atoms with Gasteiger partial charge in [0.25, 0.3) is 0 Å². The van der Waals surface area contributed by atoms with Crippen LogP contribution in [0.15, 0.2) is 51.6 Å². The van der Waals surface area contributed by atoms with Crippen LogP contribution in [-0.4, -0.2) is 5.78 Å². The molecule has 2 nitrogen and oxygen atoms in total. The second-order valence-corrected chi connectivity index (χ2v) is 4.62. The van der Waals surface area contributed by atoms with E-state index in [2.05, 4.69) is 15.9 Å². The van der Waals surface area contributed by atoms with E-state index in [4.69, 9.17) is 4.42 Å². The summed E-state index contributed by atoms with van der Waals surface area (Å²) >= 11 is 3.21. The van der Waals surface area contributed by atoms with Crippen molar-refractivity contribution in [2.45, 2.75) is 19.3 Å². The van der Waals surface area contributed by atoms with E-state index < -0.39 is 0 Å². The average molecular weight is 293 g/mol. The van der Waals surface area contributed by atoms with Crippen LogP contribution in [0.2, 0.25) is 0 Å². The molecule has 17 heavy (non-hydrogen) atoms. The molecule has 0 saturated heterocycles. The van der Waals surface area contributed by atoms with Crippen LogP contribution in [0.5, 0.6) is 0 Å². The molecule has 1 aromatic heterocycles. The van der Waals surface area contributed by atoms with Crippen LogP contribution < -0.4 is 0 Å². The maximum Gasteiger partial charge on any atom is 0.205 e. The minimum absolute atomic E-state index is 0.0319. The molecule has 0 amide bonds. The molecule has 0 saturated carbocycles. The lowest BCUT2D eigenvalue weighted by Crippen LogP contribution is -2.11. The second-order valence-electron chi connectivity index (χ2n) is 3.84. The largest absolute Gasteiger partial charge is 0.446 e. The van der Waals surface area contributed by atoms with E-state index in [1.54, 1.807) is 12.1 Å². The fourth-order valence-corrected chi connectivity index (χ4v) is 2.18. The van der Waals surface area contributed by atoms with E-state index in [1.165, 1.54) is 0 Å². The fraction of sp³-hybridized carbons (Fsp3) is 0.214. The van der Waals surface area contributed by atoms with Crippen molar-refractivity contribution < 1.29 is 9.21 Å². The summed E-state index contributed by atoms with van der Waals surface area (Å²) in [4.78, 5) is 12.3. The van der Waals surface area contributed by atoms with Gasteiger partial charge in [0.15, 0.2) is 10.4 Å². The minimum atomic E-state index is -0.130. The van der Waals surface area contributed by atoms with Gasteiger partial charge in [-0.15, -0.1) is 0 Å². The Kier molecular flexibility index (Phi) is 3.79. The monoisotopic (exact) mass is 292 g/mol. The fourth-order valence-electron chi connectivity index (χ4n) is 1.88. The molecule has 0 bridgehead atoms. The molecule has 2 aromatic rings.